The molecule has 0 heterocycles. The Hall–Kier alpha value is -2.91. The standard InChI is InChI=1S/C18H18O8S/c1-24-14-7-9-15(10-8-14)27(22,23)26-16(18(20)21)11-17(19)25-12-13-5-3-2-4-6-13/h2-10,16H,11-12H2,1H3,(H,20,21). The molecular formula is C18H18O8S. The maximum absolute atomic E-state index is 12.2. The molecule has 2 aromatic carbocycles. The van der Waals surface area contributed by atoms with E-state index in [1.54, 1.807) is 30.3 Å². The van der Waals surface area contributed by atoms with E-state index in [9.17, 15) is 23.1 Å². The van der Waals surface area contributed by atoms with Gasteiger partial charge in [0.05, 0.1) is 18.4 Å². The molecule has 0 fully saturated rings. The van der Waals surface area contributed by atoms with Crippen LogP contribution < -0.4 is 4.74 Å². The number of methoxy groups -OCH3 is 1. The van der Waals surface area contributed by atoms with E-state index in [1.807, 2.05) is 0 Å². The van der Waals surface area contributed by atoms with Gasteiger partial charge in [-0.25, -0.2) is 4.79 Å². The van der Waals surface area contributed by atoms with Crippen LogP contribution in [0.5, 0.6) is 5.75 Å². The molecule has 144 valence electrons. The Morgan fingerprint density at radius 3 is 2.22 bits per heavy atom. The summed E-state index contributed by atoms with van der Waals surface area (Å²) in [6, 6.07) is 14.0. The van der Waals surface area contributed by atoms with Crippen LogP contribution in [0.15, 0.2) is 59.5 Å². The fourth-order valence-electron chi connectivity index (χ4n) is 2.06. The van der Waals surface area contributed by atoms with Crippen molar-refractivity contribution in [2.75, 3.05) is 7.11 Å². The number of hydrogen-bond acceptors (Lipinski definition) is 7. The predicted molar refractivity (Wildman–Crippen MR) is 93.5 cm³/mol. The van der Waals surface area contributed by atoms with Gasteiger partial charge in [-0.15, -0.1) is 0 Å². The van der Waals surface area contributed by atoms with Crippen molar-refractivity contribution in [3.05, 3.63) is 60.2 Å². The Bertz CT molecular complexity index is 875. The van der Waals surface area contributed by atoms with Crippen molar-refractivity contribution in [1.29, 1.82) is 0 Å². The molecule has 0 radical (unpaired) electrons. The summed E-state index contributed by atoms with van der Waals surface area (Å²) < 4.78 is 39.1. The number of hydrogen-bond donors (Lipinski definition) is 1. The summed E-state index contributed by atoms with van der Waals surface area (Å²) >= 11 is 0. The summed E-state index contributed by atoms with van der Waals surface area (Å²) in [6.07, 6.45) is -2.65. The van der Waals surface area contributed by atoms with Crippen molar-refractivity contribution in [3.63, 3.8) is 0 Å². The van der Waals surface area contributed by atoms with Gasteiger partial charge in [-0.05, 0) is 29.8 Å². The third kappa shape index (κ3) is 6.08. The van der Waals surface area contributed by atoms with Crippen LogP contribution in [-0.2, 0) is 35.2 Å². The van der Waals surface area contributed by atoms with E-state index in [0.29, 0.717) is 11.3 Å². The van der Waals surface area contributed by atoms with Crippen LogP contribution in [0.25, 0.3) is 0 Å². The van der Waals surface area contributed by atoms with Crippen molar-refractivity contribution < 1.29 is 36.8 Å². The highest BCUT2D eigenvalue weighted by atomic mass is 32.2. The molecule has 0 aliphatic rings. The number of benzene rings is 2. The Labute approximate surface area is 156 Å². The quantitative estimate of drug-likeness (QED) is 0.507. The second-order valence-electron chi connectivity index (χ2n) is 5.40. The number of rotatable bonds is 9. The Morgan fingerprint density at radius 2 is 1.67 bits per heavy atom. The molecule has 2 rings (SSSR count). The first-order valence-electron chi connectivity index (χ1n) is 7.81. The minimum absolute atomic E-state index is 0.0583. The van der Waals surface area contributed by atoms with Crippen molar-refractivity contribution in [2.24, 2.45) is 0 Å². The van der Waals surface area contributed by atoms with Crippen LogP contribution in [0.2, 0.25) is 0 Å². The molecule has 27 heavy (non-hydrogen) atoms. The second kappa shape index (κ2) is 9.15. The summed E-state index contributed by atoms with van der Waals surface area (Å²) in [4.78, 5) is 22.9. The monoisotopic (exact) mass is 394 g/mol. The molecule has 1 atom stereocenters. The maximum Gasteiger partial charge on any atom is 0.335 e. The van der Waals surface area contributed by atoms with Crippen LogP contribution in [0.3, 0.4) is 0 Å². The van der Waals surface area contributed by atoms with E-state index in [1.165, 1.54) is 31.4 Å². The molecule has 0 spiro atoms. The zero-order chi connectivity index (χ0) is 19.9. The van der Waals surface area contributed by atoms with Crippen molar-refractivity contribution >= 4 is 22.1 Å². The van der Waals surface area contributed by atoms with Crippen LogP contribution in [0.1, 0.15) is 12.0 Å². The number of carbonyl (C=O) groups excluding carboxylic acids is 1. The Kier molecular flexibility index (Phi) is 6.91. The maximum atomic E-state index is 12.2. The average Bonchev–Trinajstić information content (AvgIpc) is 2.66. The Balaban J connectivity index is 2.01. The minimum Gasteiger partial charge on any atom is -0.497 e. The van der Waals surface area contributed by atoms with Crippen LogP contribution in [0, 0.1) is 0 Å². The molecule has 0 saturated heterocycles. The van der Waals surface area contributed by atoms with Crippen LogP contribution in [-0.4, -0.2) is 38.7 Å². The summed E-state index contributed by atoms with van der Waals surface area (Å²) in [5, 5.41) is 9.18. The topological polar surface area (TPSA) is 116 Å². The molecule has 0 amide bonds. The van der Waals surface area contributed by atoms with Gasteiger partial charge in [-0.2, -0.15) is 8.42 Å². The molecule has 0 aromatic heterocycles. The molecule has 9 heteroatoms. The lowest BCUT2D eigenvalue weighted by Crippen LogP contribution is -2.30. The summed E-state index contributed by atoms with van der Waals surface area (Å²) in [6.45, 7) is -0.0583. The van der Waals surface area contributed by atoms with Gasteiger partial charge in [0, 0.05) is 0 Å². The molecule has 1 N–H and O–H groups in total. The van der Waals surface area contributed by atoms with Gasteiger partial charge in [-0.1, -0.05) is 30.3 Å². The number of carbonyl (C=O) groups is 2. The highest BCUT2D eigenvalue weighted by Crippen LogP contribution is 2.19. The second-order valence-corrected chi connectivity index (χ2v) is 6.98. The molecular weight excluding hydrogens is 376 g/mol. The largest absolute Gasteiger partial charge is 0.497 e. The smallest absolute Gasteiger partial charge is 0.335 e. The number of esters is 1. The van der Waals surface area contributed by atoms with E-state index in [-0.39, 0.29) is 11.5 Å². The summed E-state index contributed by atoms with van der Waals surface area (Å²) in [5.74, 6) is -2.06. The fraction of sp³-hybridized carbons (Fsp3) is 0.222. The van der Waals surface area contributed by atoms with Gasteiger partial charge >= 0.3 is 11.9 Å². The van der Waals surface area contributed by atoms with Crippen LogP contribution >= 0.6 is 0 Å². The number of carboxylic acids is 1. The molecule has 2 aromatic rings. The summed E-state index contributed by atoms with van der Waals surface area (Å²) in [5.41, 5.74) is 0.712. The van der Waals surface area contributed by atoms with E-state index in [0.717, 1.165) is 0 Å². The van der Waals surface area contributed by atoms with E-state index >= 15 is 0 Å². The number of carboxylic acid groups (broad SMARTS) is 1. The summed E-state index contributed by atoms with van der Waals surface area (Å²) in [7, 11) is -2.97. The molecule has 0 aliphatic carbocycles. The van der Waals surface area contributed by atoms with Crippen LogP contribution in [0.4, 0.5) is 0 Å². The van der Waals surface area contributed by atoms with E-state index in [2.05, 4.69) is 0 Å². The van der Waals surface area contributed by atoms with E-state index in [4.69, 9.17) is 13.7 Å². The third-order valence-electron chi connectivity index (χ3n) is 3.46. The van der Waals surface area contributed by atoms with E-state index < -0.39 is 34.6 Å². The molecule has 0 saturated carbocycles. The first-order chi connectivity index (χ1) is 12.8. The number of ether oxygens (including phenoxy) is 2. The van der Waals surface area contributed by atoms with Crippen molar-refractivity contribution in [2.45, 2.75) is 24.0 Å². The van der Waals surface area contributed by atoms with Gasteiger partial charge in [0.25, 0.3) is 10.1 Å². The molecule has 1 unspecified atom stereocenters. The van der Waals surface area contributed by atoms with Crippen molar-refractivity contribution in [1.82, 2.24) is 0 Å². The highest BCUT2D eigenvalue weighted by Gasteiger charge is 2.30. The highest BCUT2D eigenvalue weighted by molar-refractivity contribution is 7.86. The first kappa shape index (κ1) is 20.4. The minimum atomic E-state index is -4.39. The molecule has 0 bridgehead atoms. The van der Waals surface area contributed by atoms with Crippen molar-refractivity contribution in [3.8, 4) is 5.75 Å². The van der Waals surface area contributed by atoms with Gasteiger partial charge in [0.1, 0.15) is 12.4 Å². The predicted octanol–water partition coefficient (Wildman–Crippen LogP) is 1.99. The lowest BCUT2D eigenvalue weighted by molar-refractivity contribution is -0.155. The van der Waals surface area contributed by atoms with Gasteiger partial charge in [-0.3, -0.25) is 8.98 Å². The Morgan fingerprint density at radius 1 is 1.04 bits per heavy atom. The SMILES string of the molecule is COc1ccc(S(=O)(=O)OC(CC(=O)OCc2ccccc2)C(=O)O)cc1. The average molecular weight is 394 g/mol. The van der Waals surface area contributed by atoms with Gasteiger partial charge in [0.15, 0.2) is 6.10 Å². The fourth-order valence-corrected chi connectivity index (χ4v) is 3.10. The lowest BCUT2D eigenvalue weighted by Gasteiger charge is -2.13. The van der Waals surface area contributed by atoms with Gasteiger partial charge < -0.3 is 14.6 Å². The zero-order valence-corrected chi connectivity index (χ0v) is 15.2. The van der Waals surface area contributed by atoms with Gasteiger partial charge in [0.2, 0.25) is 0 Å². The molecule has 8 nitrogen and oxygen atoms in total. The number of aliphatic carboxylic acids is 1. The zero-order valence-electron chi connectivity index (χ0n) is 14.4. The normalized spacial score (nSPS) is 12.2. The molecule has 0 aliphatic heterocycles. The third-order valence-corrected chi connectivity index (χ3v) is 4.80. The lowest BCUT2D eigenvalue weighted by atomic mass is 10.2. The first-order valence-corrected chi connectivity index (χ1v) is 9.22.